The van der Waals surface area contributed by atoms with Gasteiger partial charge in [-0.3, -0.25) is 19.3 Å². The van der Waals surface area contributed by atoms with Gasteiger partial charge in [0.25, 0.3) is 11.1 Å². The third-order valence-electron chi connectivity index (χ3n) is 4.50. The van der Waals surface area contributed by atoms with E-state index < -0.39 is 23.6 Å². The minimum atomic E-state index is -0.544. The van der Waals surface area contributed by atoms with Gasteiger partial charge in [-0.15, -0.1) is 0 Å². The van der Waals surface area contributed by atoms with Gasteiger partial charge in [0.15, 0.2) is 11.5 Å². The summed E-state index contributed by atoms with van der Waals surface area (Å²) in [5.74, 6) is 1.15. The maximum absolute atomic E-state index is 12.7. The number of hydrogen-bond donors (Lipinski definition) is 1. The molecule has 0 aliphatic carbocycles. The van der Waals surface area contributed by atoms with E-state index in [9.17, 15) is 14.4 Å². The SMILES string of the molecule is COc1cc(/C=C2/SC(=O)N(CC(=O)Nc3ccc4c(c3)OCO4)C2=O)cc(OC)c1. The molecule has 2 heterocycles. The lowest BCUT2D eigenvalue weighted by atomic mass is 10.2. The van der Waals surface area contributed by atoms with Crippen LogP contribution in [0.5, 0.6) is 23.0 Å². The van der Waals surface area contributed by atoms with Crippen molar-refractivity contribution in [1.29, 1.82) is 0 Å². The highest BCUT2D eigenvalue weighted by atomic mass is 32.2. The van der Waals surface area contributed by atoms with Gasteiger partial charge in [-0.1, -0.05) is 0 Å². The van der Waals surface area contributed by atoms with E-state index in [4.69, 9.17) is 18.9 Å². The van der Waals surface area contributed by atoms with Gasteiger partial charge in [0.05, 0.1) is 19.1 Å². The van der Waals surface area contributed by atoms with Crippen molar-refractivity contribution >= 4 is 40.6 Å². The highest BCUT2D eigenvalue weighted by molar-refractivity contribution is 8.18. The molecule has 9 nitrogen and oxygen atoms in total. The minimum Gasteiger partial charge on any atom is -0.497 e. The zero-order chi connectivity index (χ0) is 22.0. The summed E-state index contributed by atoms with van der Waals surface area (Å²) in [5, 5.41) is 2.13. The molecule has 2 aromatic rings. The summed E-state index contributed by atoms with van der Waals surface area (Å²) in [7, 11) is 3.04. The van der Waals surface area contributed by atoms with E-state index in [1.54, 1.807) is 42.5 Å². The minimum absolute atomic E-state index is 0.120. The fourth-order valence-corrected chi connectivity index (χ4v) is 3.86. The Balaban J connectivity index is 1.46. The second kappa shape index (κ2) is 8.60. The van der Waals surface area contributed by atoms with Crippen LogP contribution in [0.3, 0.4) is 0 Å². The van der Waals surface area contributed by atoms with Crippen LogP contribution in [0.2, 0.25) is 0 Å². The van der Waals surface area contributed by atoms with Crippen LogP contribution < -0.4 is 24.3 Å². The molecule has 0 aromatic heterocycles. The quantitative estimate of drug-likeness (QED) is 0.681. The van der Waals surface area contributed by atoms with E-state index in [-0.39, 0.29) is 11.7 Å². The van der Waals surface area contributed by atoms with Crippen LogP contribution >= 0.6 is 11.8 Å². The van der Waals surface area contributed by atoms with Gasteiger partial charge in [-0.2, -0.15) is 0 Å². The number of carbonyl (C=O) groups excluding carboxylic acids is 3. The Morgan fingerprint density at radius 1 is 1.10 bits per heavy atom. The molecule has 0 saturated carbocycles. The van der Waals surface area contributed by atoms with Gasteiger partial charge >= 0.3 is 0 Å². The van der Waals surface area contributed by atoms with Gasteiger partial charge in [0, 0.05) is 17.8 Å². The fourth-order valence-electron chi connectivity index (χ4n) is 3.02. The summed E-state index contributed by atoms with van der Waals surface area (Å²) in [6.07, 6.45) is 1.56. The zero-order valence-electron chi connectivity index (χ0n) is 16.7. The monoisotopic (exact) mass is 442 g/mol. The smallest absolute Gasteiger partial charge is 0.294 e. The maximum Gasteiger partial charge on any atom is 0.294 e. The predicted octanol–water partition coefficient (Wildman–Crippen LogP) is 3.11. The summed E-state index contributed by atoms with van der Waals surface area (Å²) >= 11 is 0.768. The first-order chi connectivity index (χ1) is 15.0. The van der Waals surface area contributed by atoms with Crippen LogP contribution in [0.4, 0.5) is 10.5 Å². The summed E-state index contributed by atoms with van der Waals surface area (Å²) < 4.78 is 20.9. The molecule has 2 aromatic carbocycles. The molecular weight excluding hydrogens is 424 g/mol. The number of carbonyl (C=O) groups is 3. The van der Waals surface area contributed by atoms with E-state index in [1.165, 1.54) is 14.2 Å². The number of nitrogens with one attached hydrogen (secondary N) is 1. The summed E-state index contributed by atoms with van der Waals surface area (Å²) in [5.41, 5.74) is 1.10. The van der Waals surface area contributed by atoms with Gasteiger partial charge in [-0.25, -0.2) is 0 Å². The largest absolute Gasteiger partial charge is 0.497 e. The van der Waals surface area contributed by atoms with Crippen LogP contribution in [0.25, 0.3) is 6.08 Å². The van der Waals surface area contributed by atoms with Crippen molar-refractivity contribution in [2.24, 2.45) is 0 Å². The van der Waals surface area contributed by atoms with Gasteiger partial charge in [-0.05, 0) is 47.7 Å². The predicted molar refractivity (Wildman–Crippen MR) is 113 cm³/mol. The van der Waals surface area contributed by atoms with E-state index in [0.717, 1.165) is 16.7 Å². The number of rotatable bonds is 6. The lowest BCUT2D eigenvalue weighted by Gasteiger charge is -2.12. The number of anilines is 1. The Hall–Kier alpha value is -3.66. The van der Waals surface area contributed by atoms with Gasteiger partial charge in [0.2, 0.25) is 12.7 Å². The van der Waals surface area contributed by atoms with Crippen LogP contribution in [0.1, 0.15) is 5.56 Å². The summed E-state index contributed by atoms with van der Waals surface area (Å²) in [6.45, 7) is -0.285. The molecule has 3 amide bonds. The Morgan fingerprint density at radius 2 is 1.81 bits per heavy atom. The first-order valence-corrected chi connectivity index (χ1v) is 9.96. The Labute approximate surface area is 181 Å². The Kier molecular flexibility index (Phi) is 5.72. The zero-order valence-corrected chi connectivity index (χ0v) is 17.5. The van der Waals surface area contributed by atoms with Gasteiger partial charge < -0.3 is 24.3 Å². The van der Waals surface area contributed by atoms with Crippen molar-refractivity contribution in [2.45, 2.75) is 0 Å². The molecule has 0 bridgehead atoms. The van der Waals surface area contributed by atoms with E-state index in [2.05, 4.69) is 5.32 Å². The molecule has 31 heavy (non-hydrogen) atoms. The van der Waals surface area contributed by atoms with Gasteiger partial charge in [0.1, 0.15) is 18.0 Å². The van der Waals surface area contributed by atoms with Crippen molar-refractivity contribution in [2.75, 3.05) is 32.9 Å². The van der Waals surface area contributed by atoms with Crippen LogP contribution in [0, 0.1) is 0 Å². The molecule has 0 unspecified atom stereocenters. The van der Waals surface area contributed by atoms with E-state index >= 15 is 0 Å². The van der Waals surface area contributed by atoms with E-state index in [0.29, 0.717) is 34.2 Å². The third-order valence-corrected chi connectivity index (χ3v) is 5.41. The summed E-state index contributed by atoms with van der Waals surface area (Å²) in [6, 6.07) is 10.1. The van der Waals surface area contributed by atoms with Crippen LogP contribution in [0.15, 0.2) is 41.3 Å². The molecule has 0 spiro atoms. The molecule has 10 heteroatoms. The van der Waals surface area contributed by atoms with E-state index in [1.807, 2.05) is 0 Å². The Bertz CT molecular complexity index is 1080. The summed E-state index contributed by atoms with van der Waals surface area (Å²) in [4.78, 5) is 38.5. The molecular formula is C21H18N2O7S. The van der Waals surface area contributed by atoms with Crippen molar-refractivity contribution in [3.63, 3.8) is 0 Å². The fraction of sp³-hybridized carbons (Fsp3) is 0.190. The normalized spacial score (nSPS) is 16.1. The molecule has 1 N–H and O–H groups in total. The topological polar surface area (TPSA) is 103 Å². The number of methoxy groups -OCH3 is 2. The lowest BCUT2D eigenvalue weighted by molar-refractivity contribution is -0.127. The third kappa shape index (κ3) is 4.43. The van der Waals surface area contributed by atoms with Crippen LogP contribution in [-0.2, 0) is 9.59 Å². The molecule has 1 fully saturated rings. The highest BCUT2D eigenvalue weighted by Crippen LogP contribution is 2.35. The molecule has 4 rings (SSSR count). The second-order valence-corrected chi connectivity index (χ2v) is 7.52. The number of hydrogen-bond acceptors (Lipinski definition) is 8. The first kappa shape index (κ1) is 20.6. The van der Waals surface area contributed by atoms with Crippen molar-refractivity contribution < 1.29 is 33.3 Å². The number of amides is 3. The molecule has 0 atom stereocenters. The Morgan fingerprint density at radius 3 is 2.52 bits per heavy atom. The van der Waals surface area contributed by atoms with Crippen LogP contribution in [-0.4, -0.2) is 49.5 Å². The number of imide groups is 1. The first-order valence-electron chi connectivity index (χ1n) is 9.15. The number of ether oxygens (including phenoxy) is 4. The second-order valence-electron chi connectivity index (χ2n) is 6.53. The molecule has 2 aliphatic rings. The highest BCUT2D eigenvalue weighted by Gasteiger charge is 2.36. The van der Waals surface area contributed by atoms with Crippen molar-refractivity contribution in [1.82, 2.24) is 4.90 Å². The average molecular weight is 442 g/mol. The number of nitrogens with zero attached hydrogens (tertiary/aromatic N) is 1. The molecule has 1 saturated heterocycles. The lowest BCUT2D eigenvalue weighted by Crippen LogP contribution is -2.36. The number of thioether (sulfide) groups is 1. The number of benzene rings is 2. The standard InChI is InChI=1S/C21H18N2O7S/c1-27-14-5-12(6-15(9-14)28-2)7-18-20(25)23(21(26)31-18)10-19(24)22-13-3-4-16-17(8-13)30-11-29-16/h3-9H,10-11H2,1-2H3,(H,22,24)/b18-7+. The van der Waals surface area contributed by atoms with Crippen molar-refractivity contribution in [3.05, 3.63) is 46.9 Å². The number of fused-ring (bicyclic) bond motifs is 1. The maximum atomic E-state index is 12.7. The molecule has 2 aliphatic heterocycles. The van der Waals surface area contributed by atoms with Crippen molar-refractivity contribution in [3.8, 4) is 23.0 Å². The average Bonchev–Trinajstić information content (AvgIpc) is 3.33. The molecule has 0 radical (unpaired) electrons. The molecule has 160 valence electrons.